The number of sulfonamides is 1. The SMILES string of the molecule is CCCSc1nnc(NC(=O)[C@@H](C)N(c2cccc(C)c2)S(C)(=O)=O)s1. The number of rotatable bonds is 8. The topological polar surface area (TPSA) is 92.3 Å². The second kappa shape index (κ2) is 8.83. The van der Waals surface area contributed by atoms with E-state index in [2.05, 4.69) is 22.4 Å². The van der Waals surface area contributed by atoms with E-state index in [9.17, 15) is 13.2 Å². The molecule has 0 saturated carbocycles. The maximum absolute atomic E-state index is 12.6. The fourth-order valence-electron chi connectivity index (χ4n) is 2.29. The monoisotopic (exact) mass is 414 g/mol. The van der Waals surface area contributed by atoms with E-state index in [-0.39, 0.29) is 0 Å². The largest absolute Gasteiger partial charge is 0.299 e. The molecule has 1 amide bonds. The van der Waals surface area contributed by atoms with Gasteiger partial charge in [0.1, 0.15) is 6.04 Å². The van der Waals surface area contributed by atoms with Crippen LogP contribution in [0, 0.1) is 6.92 Å². The van der Waals surface area contributed by atoms with Crippen molar-refractivity contribution in [1.82, 2.24) is 10.2 Å². The van der Waals surface area contributed by atoms with Gasteiger partial charge in [0.05, 0.1) is 11.9 Å². The van der Waals surface area contributed by atoms with E-state index in [0.29, 0.717) is 10.8 Å². The number of hydrogen-bond donors (Lipinski definition) is 1. The lowest BCUT2D eigenvalue weighted by Gasteiger charge is -2.28. The van der Waals surface area contributed by atoms with Gasteiger partial charge in [-0.25, -0.2) is 8.42 Å². The minimum atomic E-state index is -3.64. The van der Waals surface area contributed by atoms with Gasteiger partial charge in [0.25, 0.3) is 0 Å². The summed E-state index contributed by atoms with van der Waals surface area (Å²) in [6.45, 7) is 5.49. The summed E-state index contributed by atoms with van der Waals surface area (Å²) >= 11 is 2.85. The number of nitrogens with one attached hydrogen (secondary N) is 1. The van der Waals surface area contributed by atoms with Crippen LogP contribution in [0.1, 0.15) is 25.8 Å². The van der Waals surface area contributed by atoms with Gasteiger partial charge in [0.2, 0.25) is 21.1 Å². The summed E-state index contributed by atoms with van der Waals surface area (Å²) in [6, 6.07) is 6.10. The summed E-state index contributed by atoms with van der Waals surface area (Å²) in [5.74, 6) is 0.467. The Morgan fingerprint density at radius 2 is 2.12 bits per heavy atom. The predicted molar refractivity (Wildman–Crippen MR) is 108 cm³/mol. The third kappa shape index (κ3) is 5.42. The molecule has 1 aromatic heterocycles. The van der Waals surface area contributed by atoms with Crippen LogP contribution < -0.4 is 9.62 Å². The third-order valence-electron chi connectivity index (χ3n) is 3.41. The van der Waals surface area contributed by atoms with Gasteiger partial charge in [-0.2, -0.15) is 0 Å². The van der Waals surface area contributed by atoms with Crippen molar-refractivity contribution in [3.05, 3.63) is 29.8 Å². The number of nitrogens with zero attached hydrogens (tertiary/aromatic N) is 3. The van der Waals surface area contributed by atoms with Crippen molar-refractivity contribution in [2.45, 2.75) is 37.6 Å². The standard InChI is InChI=1S/C16H22N4O3S3/c1-5-9-24-16-19-18-15(25-16)17-14(21)12(3)20(26(4,22)23)13-8-6-7-11(2)10-13/h6-8,10,12H,5,9H2,1-4H3,(H,17,18,21)/t12-/m1/s1. The first kappa shape index (κ1) is 20.7. The molecule has 142 valence electrons. The van der Waals surface area contributed by atoms with Crippen LogP contribution in [0.15, 0.2) is 28.6 Å². The van der Waals surface area contributed by atoms with Crippen molar-refractivity contribution in [3.63, 3.8) is 0 Å². The van der Waals surface area contributed by atoms with Crippen LogP contribution in [-0.2, 0) is 14.8 Å². The van der Waals surface area contributed by atoms with Crippen LogP contribution in [0.3, 0.4) is 0 Å². The van der Waals surface area contributed by atoms with E-state index in [0.717, 1.165) is 32.6 Å². The van der Waals surface area contributed by atoms with E-state index in [1.54, 1.807) is 36.9 Å². The number of anilines is 2. The summed E-state index contributed by atoms with van der Waals surface area (Å²) in [4.78, 5) is 12.6. The lowest BCUT2D eigenvalue weighted by molar-refractivity contribution is -0.116. The van der Waals surface area contributed by atoms with Crippen LogP contribution in [0.5, 0.6) is 0 Å². The Morgan fingerprint density at radius 1 is 1.38 bits per heavy atom. The zero-order valence-electron chi connectivity index (χ0n) is 15.1. The molecule has 2 aromatic rings. The van der Waals surface area contributed by atoms with Crippen molar-refractivity contribution in [3.8, 4) is 0 Å². The van der Waals surface area contributed by atoms with Crippen molar-refractivity contribution in [1.29, 1.82) is 0 Å². The lowest BCUT2D eigenvalue weighted by Crippen LogP contribution is -2.45. The van der Waals surface area contributed by atoms with E-state index in [1.807, 2.05) is 13.0 Å². The quantitative estimate of drug-likeness (QED) is 0.527. The second-order valence-electron chi connectivity index (χ2n) is 5.78. The first-order valence-corrected chi connectivity index (χ1v) is 11.7. The van der Waals surface area contributed by atoms with Gasteiger partial charge in [0, 0.05) is 5.75 Å². The zero-order valence-corrected chi connectivity index (χ0v) is 17.5. The van der Waals surface area contributed by atoms with E-state index < -0.39 is 22.0 Å². The Balaban J connectivity index is 2.19. The number of carbonyl (C=O) groups is 1. The first-order valence-electron chi connectivity index (χ1n) is 8.05. The van der Waals surface area contributed by atoms with E-state index in [1.165, 1.54) is 11.3 Å². The normalized spacial score (nSPS) is 12.6. The van der Waals surface area contributed by atoms with Crippen molar-refractivity contribution in [2.24, 2.45) is 0 Å². The molecule has 1 heterocycles. The van der Waals surface area contributed by atoms with Gasteiger partial charge >= 0.3 is 0 Å². The van der Waals surface area contributed by atoms with Crippen LogP contribution in [0.2, 0.25) is 0 Å². The molecule has 7 nitrogen and oxygen atoms in total. The number of carbonyl (C=O) groups excluding carboxylic acids is 1. The highest BCUT2D eigenvalue weighted by molar-refractivity contribution is 8.01. The van der Waals surface area contributed by atoms with Gasteiger partial charge in [0.15, 0.2) is 4.34 Å². The Bertz CT molecular complexity index is 867. The van der Waals surface area contributed by atoms with Crippen molar-refractivity contribution < 1.29 is 13.2 Å². The zero-order chi connectivity index (χ0) is 19.3. The highest BCUT2D eigenvalue weighted by Crippen LogP contribution is 2.27. The molecule has 0 aliphatic carbocycles. The predicted octanol–water partition coefficient (Wildman–Crippen LogP) is 3.14. The number of aryl methyl sites for hydroxylation is 1. The van der Waals surface area contributed by atoms with Crippen LogP contribution >= 0.6 is 23.1 Å². The summed E-state index contributed by atoms with van der Waals surface area (Å²) in [7, 11) is -3.64. The smallest absolute Gasteiger partial charge is 0.249 e. The Morgan fingerprint density at radius 3 is 2.73 bits per heavy atom. The van der Waals surface area contributed by atoms with Gasteiger partial charge in [-0.1, -0.05) is 42.2 Å². The van der Waals surface area contributed by atoms with Crippen LogP contribution in [0.4, 0.5) is 10.8 Å². The fourth-order valence-corrected chi connectivity index (χ4v) is 5.14. The second-order valence-corrected chi connectivity index (χ2v) is 9.96. The van der Waals surface area contributed by atoms with E-state index in [4.69, 9.17) is 0 Å². The molecule has 1 N–H and O–H groups in total. The lowest BCUT2D eigenvalue weighted by atomic mass is 10.2. The number of amides is 1. The van der Waals surface area contributed by atoms with Crippen LogP contribution in [-0.4, -0.2) is 42.6 Å². The number of aromatic nitrogens is 2. The van der Waals surface area contributed by atoms with Crippen molar-refractivity contribution in [2.75, 3.05) is 21.6 Å². The molecule has 0 fully saturated rings. The molecule has 0 bridgehead atoms. The number of benzene rings is 1. The molecule has 26 heavy (non-hydrogen) atoms. The van der Waals surface area contributed by atoms with E-state index >= 15 is 0 Å². The Labute approximate surface area is 162 Å². The summed E-state index contributed by atoms with van der Waals surface area (Å²) in [6.07, 6.45) is 2.10. The average molecular weight is 415 g/mol. The molecule has 1 atom stereocenters. The molecule has 1 aromatic carbocycles. The highest BCUT2D eigenvalue weighted by Gasteiger charge is 2.29. The van der Waals surface area contributed by atoms with Gasteiger partial charge in [-0.05, 0) is 38.0 Å². The molecule has 0 aliphatic heterocycles. The maximum Gasteiger partial charge on any atom is 0.249 e. The number of hydrogen-bond acceptors (Lipinski definition) is 7. The minimum Gasteiger partial charge on any atom is -0.299 e. The number of thioether (sulfide) groups is 1. The fraction of sp³-hybridized carbons (Fsp3) is 0.438. The molecule has 0 spiro atoms. The molecule has 0 saturated heterocycles. The molecule has 10 heteroatoms. The molecule has 2 rings (SSSR count). The summed E-state index contributed by atoms with van der Waals surface area (Å²) < 4.78 is 26.4. The molecule has 0 unspecified atom stereocenters. The molecular weight excluding hydrogens is 392 g/mol. The minimum absolute atomic E-state index is 0.359. The summed E-state index contributed by atoms with van der Waals surface area (Å²) in [5, 5.41) is 11.0. The van der Waals surface area contributed by atoms with Gasteiger partial charge in [-0.3, -0.25) is 14.4 Å². The molecule has 0 aliphatic rings. The third-order valence-corrected chi connectivity index (χ3v) is 6.83. The highest BCUT2D eigenvalue weighted by atomic mass is 32.2. The Kier molecular flexibility index (Phi) is 7.01. The van der Waals surface area contributed by atoms with Crippen molar-refractivity contribution >= 4 is 49.8 Å². The van der Waals surface area contributed by atoms with Gasteiger partial charge in [-0.15, -0.1) is 10.2 Å². The molecule has 0 radical (unpaired) electrons. The Hall–Kier alpha value is -1.65. The first-order chi connectivity index (χ1) is 12.2. The molecular formula is C16H22N4O3S3. The maximum atomic E-state index is 12.6. The van der Waals surface area contributed by atoms with Crippen LogP contribution in [0.25, 0.3) is 0 Å². The summed E-state index contributed by atoms with van der Waals surface area (Å²) in [5.41, 5.74) is 1.36. The van der Waals surface area contributed by atoms with Gasteiger partial charge < -0.3 is 0 Å². The average Bonchev–Trinajstić information content (AvgIpc) is 2.99.